The molecular formula is C20H15N5. The molecule has 0 bridgehead atoms. The van der Waals surface area contributed by atoms with Gasteiger partial charge in [0.25, 0.3) is 0 Å². The predicted octanol–water partition coefficient (Wildman–Crippen LogP) is 3.76. The Labute approximate surface area is 145 Å². The van der Waals surface area contributed by atoms with Crippen molar-refractivity contribution in [2.75, 3.05) is 5.73 Å². The standard InChI is InChI=1S/C20H15N5/c1-25-20(16-5-3-2-4-15(16)11-21)17(12-23-25)14-7-6-13-8-9-19(22)24-18(13)10-14/h2-10,12H,1H3,(H2,22,24). The van der Waals surface area contributed by atoms with Gasteiger partial charge in [-0.05, 0) is 29.8 Å². The van der Waals surface area contributed by atoms with Gasteiger partial charge in [0, 0.05) is 23.6 Å². The van der Waals surface area contributed by atoms with Gasteiger partial charge < -0.3 is 5.73 Å². The zero-order valence-corrected chi connectivity index (χ0v) is 13.6. The normalized spacial score (nSPS) is 10.7. The lowest BCUT2D eigenvalue weighted by Gasteiger charge is -2.09. The number of nitrogen functional groups attached to an aromatic ring is 1. The van der Waals surface area contributed by atoms with Crippen LogP contribution in [0.25, 0.3) is 33.3 Å². The van der Waals surface area contributed by atoms with E-state index in [4.69, 9.17) is 5.73 Å². The smallest absolute Gasteiger partial charge is 0.124 e. The molecule has 4 rings (SSSR count). The fourth-order valence-corrected chi connectivity index (χ4v) is 3.06. The topological polar surface area (TPSA) is 80.5 Å². The number of benzene rings is 2. The molecule has 2 aromatic heterocycles. The summed E-state index contributed by atoms with van der Waals surface area (Å²) in [6.07, 6.45) is 1.82. The summed E-state index contributed by atoms with van der Waals surface area (Å²) in [5.41, 5.74) is 11.0. The zero-order chi connectivity index (χ0) is 17.4. The average molecular weight is 325 g/mol. The number of aromatic nitrogens is 3. The number of hydrogen-bond acceptors (Lipinski definition) is 4. The van der Waals surface area contributed by atoms with Crippen molar-refractivity contribution in [3.05, 3.63) is 66.4 Å². The van der Waals surface area contributed by atoms with E-state index in [9.17, 15) is 5.26 Å². The summed E-state index contributed by atoms with van der Waals surface area (Å²) in [5, 5.41) is 14.9. The third-order valence-corrected chi connectivity index (χ3v) is 4.27. The lowest BCUT2D eigenvalue weighted by molar-refractivity contribution is 0.776. The Bertz CT molecular complexity index is 1130. The van der Waals surface area contributed by atoms with Crippen LogP contribution in [0.4, 0.5) is 5.82 Å². The van der Waals surface area contributed by atoms with Crippen LogP contribution in [-0.4, -0.2) is 14.8 Å². The quantitative estimate of drug-likeness (QED) is 0.608. The Morgan fingerprint density at radius 3 is 2.68 bits per heavy atom. The fraction of sp³-hybridized carbons (Fsp3) is 0.0500. The summed E-state index contributed by atoms with van der Waals surface area (Å²) in [6.45, 7) is 0. The molecule has 0 aliphatic carbocycles. The average Bonchev–Trinajstić information content (AvgIpc) is 3.02. The van der Waals surface area contributed by atoms with Gasteiger partial charge in [-0.25, -0.2) is 4.98 Å². The van der Waals surface area contributed by atoms with E-state index in [1.54, 1.807) is 10.7 Å². The molecular weight excluding hydrogens is 310 g/mol. The second-order valence-corrected chi connectivity index (χ2v) is 5.83. The Morgan fingerprint density at radius 2 is 1.84 bits per heavy atom. The van der Waals surface area contributed by atoms with Gasteiger partial charge in [-0.15, -0.1) is 0 Å². The minimum absolute atomic E-state index is 0.492. The van der Waals surface area contributed by atoms with Crippen LogP contribution < -0.4 is 5.73 Å². The van der Waals surface area contributed by atoms with Crippen LogP contribution in [0.5, 0.6) is 0 Å². The van der Waals surface area contributed by atoms with Gasteiger partial charge >= 0.3 is 0 Å². The van der Waals surface area contributed by atoms with Crippen LogP contribution in [0.2, 0.25) is 0 Å². The maximum atomic E-state index is 9.44. The van der Waals surface area contributed by atoms with Crippen molar-refractivity contribution in [3.63, 3.8) is 0 Å². The van der Waals surface area contributed by atoms with Crippen molar-refractivity contribution in [2.24, 2.45) is 7.05 Å². The molecule has 0 aliphatic heterocycles. The predicted molar refractivity (Wildman–Crippen MR) is 98.5 cm³/mol. The van der Waals surface area contributed by atoms with E-state index in [2.05, 4.69) is 16.2 Å². The summed E-state index contributed by atoms with van der Waals surface area (Å²) >= 11 is 0. The van der Waals surface area contributed by atoms with Crippen LogP contribution >= 0.6 is 0 Å². The lowest BCUT2D eigenvalue weighted by Crippen LogP contribution is -1.96. The van der Waals surface area contributed by atoms with E-state index in [-0.39, 0.29) is 0 Å². The van der Waals surface area contributed by atoms with Crippen LogP contribution in [0.3, 0.4) is 0 Å². The molecule has 0 saturated carbocycles. The number of anilines is 1. The molecule has 0 amide bonds. The molecule has 0 saturated heterocycles. The Balaban J connectivity index is 1.95. The molecule has 2 aromatic carbocycles. The summed E-state index contributed by atoms with van der Waals surface area (Å²) in [6, 6.07) is 19.6. The molecule has 5 nitrogen and oxygen atoms in total. The van der Waals surface area contributed by atoms with Crippen molar-refractivity contribution >= 4 is 16.7 Å². The van der Waals surface area contributed by atoms with Crippen molar-refractivity contribution in [3.8, 4) is 28.5 Å². The molecule has 0 radical (unpaired) electrons. The number of nitrogens with two attached hydrogens (primary N) is 1. The summed E-state index contributed by atoms with van der Waals surface area (Å²) in [5.74, 6) is 0.492. The summed E-state index contributed by atoms with van der Waals surface area (Å²) in [7, 11) is 1.88. The van der Waals surface area contributed by atoms with Gasteiger partial charge in [0.15, 0.2) is 0 Å². The number of pyridine rings is 1. The number of hydrogen-bond donors (Lipinski definition) is 1. The van der Waals surface area contributed by atoms with E-state index in [1.165, 1.54) is 0 Å². The third-order valence-electron chi connectivity index (χ3n) is 4.27. The van der Waals surface area contributed by atoms with Crippen molar-refractivity contribution < 1.29 is 0 Å². The van der Waals surface area contributed by atoms with Gasteiger partial charge in [0.1, 0.15) is 5.82 Å². The first-order valence-corrected chi connectivity index (χ1v) is 7.85. The van der Waals surface area contributed by atoms with E-state index >= 15 is 0 Å². The SMILES string of the molecule is Cn1ncc(-c2ccc3ccc(N)nc3c2)c1-c1ccccc1C#N. The Morgan fingerprint density at radius 1 is 1.04 bits per heavy atom. The first-order chi connectivity index (χ1) is 12.2. The van der Waals surface area contributed by atoms with Crippen LogP contribution in [0.15, 0.2) is 60.8 Å². The molecule has 120 valence electrons. The number of aryl methyl sites for hydroxylation is 1. The first-order valence-electron chi connectivity index (χ1n) is 7.85. The number of fused-ring (bicyclic) bond motifs is 1. The molecule has 0 fully saturated rings. The molecule has 0 atom stereocenters. The maximum absolute atomic E-state index is 9.44. The highest BCUT2D eigenvalue weighted by molar-refractivity contribution is 5.89. The molecule has 0 unspecified atom stereocenters. The lowest BCUT2D eigenvalue weighted by atomic mass is 9.97. The van der Waals surface area contributed by atoms with E-state index < -0.39 is 0 Å². The van der Waals surface area contributed by atoms with Crippen molar-refractivity contribution in [1.29, 1.82) is 5.26 Å². The van der Waals surface area contributed by atoms with E-state index in [0.717, 1.165) is 33.3 Å². The largest absolute Gasteiger partial charge is 0.384 e. The Hall–Kier alpha value is -3.65. The minimum Gasteiger partial charge on any atom is -0.384 e. The first kappa shape index (κ1) is 14.9. The van der Waals surface area contributed by atoms with Gasteiger partial charge in [-0.1, -0.05) is 30.3 Å². The third kappa shape index (κ3) is 2.50. The number of rotatable bonds is 2. The van der Waals surface area contributed by atoms with Crippen LogP contribution in [0.1, 0.15) is 5.56 Å². The molecule has 2 N–H and O–H groups in total. The van der Waals surface area contributed by atoms with Gasteiger partial charge in [0.2, 0.25) is 0 Å². The second kappa shape index (κ2) is 5.77. The molecule has 0 spiro atoms. The highest BCUT2D eigenvalue weighted by Crippen LogP contribution is 2.34. The molecule has 4 aromatic rings. The fourth-order valence-electron chi connectivity index (χ4n) is 3.06. The Kier molecular flexibility index (Phi) is 3.44. The van der Waals surface area contributed by atoms with Gasteiger partial charge in [-0.2, -0.15) is 10.4 Å². The highest BCUT2D eigenvalue weighted by atomic mass is 15.3. The zero-order valence-electron chi connectivity index (χ0n) is 13.6. The van der Waals surface area contributed by atoms with Crippen LogP contribution in [0, 0.1) is 11.3 Å². The van der Waals surface area contributed by atoms with Crippen molar-refractivity contribution in [2.45, 2.75) is 0 Å². The van der Waals surface area contributed by atoms with Crippen molar-refractivity contribution in [1.82, 2.24) is 14.8 Å². The van der Waals surface area contributed by atoms with Gasteiger partial charge in [0.05, 0.1) is 29.0 Å². The minimum atomic E-state index is 0.492. The second-order valence-electron chi connectivity index (χ2n) is 5.83. The molecule has 5 heteroatoms. The summed E-state index contributed by atoms with van der Waals surface area (Å²) in [4.78, 5) is 4.40. The summed E-state index contributed by atoms with van der Waals surface area (Å²) < 4.78 is 1.79. The molecule has 0 aliphatic rings. The maximum Gasteiger partial charge on any atom is 0.124 e. The number of nitrogens with zero attached hydrogens (tertiary/aromatic N) is 4. The molecule has 25 heavy (non-hydrogen) atoms. The molecule has 2 heterocycles. The van der Waals surface area contributed by atoms with E-state index in [0.29, 0.717) is 11.4 Å². The highest BCUT2D eigenvalue weighted by Gasteiger charge is 2.16. The number of nitriles is 1. The monoisotopic (exact) mass is 325 g/mol. The van der Waals surface area contributed by atoms with E-state index in [1.807, 2.05) is 61.8 Å². The van der Waals surface area contributed by atoms with Crippen LogP contribution in [-0.2, 0) is 7.05 Å². The van der Waals surface area contributed by atoms with Gasteiger partial charge in [-0.3, -0.25) is 4.68 Å².